The molecule has 4 rings (SSSR count). The predicted octanol–water partition coefficient (Wildman–Crippen LogP) is 1.68. The first-order valence-corrected chi connectivity index (χ1v) is 9.57. The smallest absolute Gasteiger partial charge is 0.253 e. The number of aromatic amines is 1. The number of hydrogen-bond donors (Lipinski definition) is 3. The fourth-order valence-electron chi connectivity index (χ4n) is 2.99. The lowest BCUT2D eigenvalue weighted by molar-refractivity contribution is 0.0946. The van der Waals surface area contributed by atoms with E-state index in [-0.39, 0.29) is 10.8 Å². The molecule has 0 saturated carbocycles. The van der Waals surface area contributed by atoms with E-state index in [0.717, 1.165) is 23.4 Å². The van der Waals surface area contributed by atoms with Crippen LogP contribution in [-0.2, 0) is 16.4 Å². The number of carbonyl (C=O) groups is 1. The van der Waals surface area contributed by atoms with Gasteiger partial charge in [-0.3, -0.25) is 4.79 Å². The highest BCUT2D eigenvalue weighted by Gasteiger charge is 2.20. The molecule has 26 heavy (non-hydrogen) atoms. The van der Waals surface area contributed by atoms with Gasteiger partial charge in [-0.2, -0.15) is 0 Å². The maximum absolute atomic E-state index is 11.9. The lowest BCUT2D eigenvalue weighted by Crippen LogP contribution is -2.31. The van der Waals surface area contributed by atoms with Crippen molar-refractivity contribution in [3.8, 4) is 22.6 Å². The molecular weight excluding hydrogens is 352 g/mol. The van der Waals surface area contributed by atoms with Crippen LogP contribution in [0.5, 0.6) is 0 Å². The second kappa shape index (κ2) is 6.08. The number of nitrogens with one attached hydrogen (secondary N) is 2. The summed E-state index contributed by atoms with van der Waals surface area (Å²) in [6.07, 6.45) is 0.760. The Morgan fingerprint density at radius 3 is 2.46 bits per heavy atom. The number of nitrogens with zero attached hydrogens (tertiary/aromatic N) is 1. The van der Waals surface area contributed by atoms with Crippen LogP contribution in [0.25, 0.3) is 22.6 Å². The molecule has 0 bridgehead atoms. The number of nitrogens with two attached hydrogens (primary N) is 1. The van der Waals surface area contributed by atoms with Gasteiger partial charge in [0.05, 0.1) is 27.5 Å². The average molecular weight is 368 g/mol. The third-order valence-electron chi connectivity index (χ3n) is 4.31. The van der Waals surface area contributed by atoms with Gasteiger partial charge in [0.1, 0.15) is 0 Å². The summed E-state index contributed by atoms with van der Waals surface area (Å²) in [5, 5.41) is 7.94. The van der Waals surface area contributed by atoms with Crippen LogP contribution in [0.15, 0.2) is 53.4 Å². The molecule has 0 atom stereocenters. The maximum atomic E-state index is 11.9. The summed E-state index contributed by atoms with van der Waals surface area (Å²) in [5.74, 6) is -0.0801. The second-order valence-corrected chi connectivity index (χ2v) is 7.62. The van der Waals surface area contributed by atoms with E-state index in [4.69, 9.17) is 5.14 Å². The number of rotatable bonds is 3. The number of benzene rings is 1. The molecule has 0 aliphatic carbocycles. The fourth-order valence-corrected chi connectivity index (χ4v) is 3.51. The number of pyridine rings is 1. The molecule has 7 nitrogen and oxygen atoms in total. The molecule has 0 unspecified atom stereocenters. The van der Waals surface area contributed by atoms with E-state index < -0.39 is 10.0 Å². The number of primary sulfonamides is 1. The van der Waals surface area contributed by atoms with Crippen molar-refractivity contribution in [2.45, 2.75) is 11.3 Å². The lowest BCUT2D eigenvalue weighted by Gasteiger charge is -2.10. The highest BCUT2D eigenvalue weighted by atomic mass is 32.2. The number of carbonyl (C=O) groups excluding carboxylic acids is 1. The van der Waals surface area contributed by atoms with Crippen LogP contribution >= 0.6 is 0 Å². The summed E-state index contributed by atoms with van der Waals surface area (Å²) in [4.78, 5) is 19.9. The summed E-state index contributed by atoms with van der Waals surface area (Å²) >= 11 is 0. The Morgan fingerprint density at radius 1 is 1.04 bits per heavy atom. The minimum atomic E-state index is -3.72. The molecule has 1 aromatic carbocycles. The molecule has 8 heteroatoms. The second-order valence-electron chi connectivity index (χ2n) is 6.06. The molecule has 0 spiro atoms. The summed E-state index contributed by atoms with van der Waals surface area (Å²) in [7, 11) is -3.72. The Balaban J connectivity index is 1.70. The van der Waals surface area contributed by atoms with Crippen molar-refractivity contribution in [3.05, 3.63) is 59.8 Å². The van der Waals surface area contributed by atoms with E-state index in [9.17, 15) is 13.2 Å². The quantitative estimate of drug-likeness (QED) is 0.652. The van der Waals surface area contributed by atoms with E-state index in [0.29, 0.717) is 23.5 Å². The molecule has 3 heterocycles. The highest BCUT2D eigenvalue weighted by Crippen LogP contribution is 2.26. The predicted molar refractivity (Wildman–Crippen MR) is 96.9 cm³/mol. The number of fused-ring (bicyclic) bond motifs is 1. The topological polar surface area (TPSA) is 118 Å². The zero-order chi connectivity index (χ0) is 18.3. The van der Waals surface area contributed by atoms with E-state index in [1.54, 1.807) is 18.2 Å². The van der Waals surface area contributed by atoms with Gasteiger partial charge in [0.25, 0.3) is 5.91 Å². The van der Waals surface area contributed by atoms with Gasteiger partial charge in [0.15, 0.2) is 0 Å². The van der Waals surface area contributed by atoms with Gasteiger partial charge in [-0.25, -0.2) is 18.5 Å². The van der Waals surface area contributed by atoms with E-state index in [1.165, 1.54) is 12.1 Å². The number of hydrogen-bond acceptors (Lipinski definition) is 4. The van der Waals surface area contributed by atoms with Crippen LogP contribution in [0.2, 0.25) is 0 Å². The molecule has 3 aromatic rings. The maximum Gasteiger partial charge on any atom is 0.253 e. The first kappa shape index (κ1) is 16.5. The standard InChI is InChI=1S/C18H16N4O3S/c19-26(24,25)12-6-4-11(5-7-12)14-2-1-3-16(21-14)17-10-13-15(22-17)8-9-20-18(13)23/h1-7,10,22H,8-9H2,(H,20,23)(H2,19,24,25). The van der Waals surface area contributed by atoms with Gasteiger partial charge in [-0.05, 0) is 30.3 Å². The van der Waals surface area contributed by atoms with Gasteiger partial charge < -0.3 is 10.3 Å². The zero-order valence-corrected chi connectivity index (χ0v) is 14.5. The van der Waals surface area contributed by atoms with Crippen LogP contribution < -0.4 is 10.5 Å². The molecule has 0 radical (unpaired) electrons. The number of aromatic nitrogens is 2. The molecule has 4 N–H and O–H groups in total. The minimum Gasteiger partial charge on any atom is -0.356 e. The molecule has 0 saturated heterocycles. The molecule has 0 fully saturated rings. The monoisotopic (exact) mass is 368 g/mol. The number of sulfonamides is 1. The van der Waals surface area contributed by atoms with Gasteiger partial charge >= 0.3 is 0 Å². The Morgan fingerprint density at radius 2 is 1.77 bits per heavy atom. The fraction of sp³-hybridized carbons (Fsp3) is 0.111. The van der Waals surface area contributed by atoms with Gasteiger partial charge in [0.2, 0.25) is 10.0 Å². The normalized spacial score (nSPS) is 14.0. The lowest BCUT2D eigenvalue weighted by atomic mass is 10.1. The van der Waals surface area contributed by atoms with Crippen molar-refractivity contribution in [2.75, 3.05) is 6.54 Å². The summed E-state index contributed by atoms with van der Waals surface area (Å²) < 4.78 is 22.7. The third kappa shape index (κ3) is 3.00. The third-order valence-corrected chi connectivity index (χ3v) is 5.24. The van der Waals surface area contributed by atoms with Gasteiger partial charge in [0, 0.05) is 24.2 Å². The van der Waals surface area contributed by atoms with E-state index >= 15 is 0 Å². The van der Waals surface area contributed by atoms with Gasteiger partial charge in [-0.15, -0.1) is 0 Å². The van der Waals surface area contributed by atoms with E-state index in [2.05, 4.69) is 15.3 Å². The van der Waals surface area contributed by atoms with Crippen LogP contribution in [0.1, 0.15) is 16.1 Å². The molecule has 1 aliphatic rings. The van der Waals surface area contributed by atoms with Crippen molar-refractivity contribution in [3.63, 3.8) is 0 Å². The van der Waals surface area contributed by atoms with Gasteiger partial charge in [-0.1, -0.05) is 18.2 Å². The Labute approximate surface area is 150 Å². The van der Waals surface area contributed by atoms with Crippen molar-refractivity contribution < 1.29 is 13.2 Å². The summed E-state index contributed by atoms with van der Waals surface area (Å²) in [5.41, 5.74) is 4.51. The zero-order valence-electron chi connectivity index (χ0n) is 13.7. The van der Waals surface area contributed by atoms with Crippen molar-refractivity contribution >= 4 is 15.9 Å². The minimum absolute atomic E-state index is 0.0560. The first-order valence-electron chi connectivity index (χ1n) is 8.02. The molecule has 1 aliphatic heterocycles. The van der Waals surface area contributed by atoms with Crippen LogP contribution in [-0.4, -0.2) is 30.8 Å². The Bertz CT molecular complexity index is 1100. The molecule has 132 valence electrons. The average Bonchev–Trinajstić information content (AvgIpc) is 3.07. The van der Waals surface area contributed by atoms with Crippen LogP contribution in [0.3, 0.4) is 0 Å². The molecule has 2 aromatic heterocycles. The largest absolute Gasteiger partial charge is 0.356 e. The number of amides is 1. The molecular formula is C18H16N4O3S. The Kier molecular flexibility index (Phi) is 3.86. The summed E-state index contributed by atoms with van der Waals surface area (Å²) in [6, 6.07) is 13.6. The van der Waals surface area contributed by atoms with Crippen molar-refractivity contribution in [2.24, 2.45) is 5.14 Å². The first-order chi connectivity index (χ1) is 12.4. The Hall–Kier alpha value is -2.97. The van der Waals surface area contributed by atoms with Crippen molar-refractivity contribution in [1.29, 1.82) is 0 Å². The van der Waals surface area contributed by atoms with Crippen LogP contribution in [0.4, 0.5) is 0 Å². The highest BCUT2D eigenvalue weighted by molar-refractivity contribution is 7.89. The summed E-state index contributed by atoms with van der Waals surface area (Å²) in [6.45, 7) is 0.621. The number of H-pyrrole nitrogens is 1. The van der Waals surface area contributed by atoms with Crippen LogP contribution in [0, 0.1) is 0 Å². The molecule has 1 amide bonds. The van der Waals surface area contributed by atoms with Crippen molar-refractivity contribution in [1.82, 2.24) is 15.3 Å². The SMILES string of the molecule is NS(=O)(=O)c1ccc(-c2cccc(-c3cc4c([nH]3)CCNC4=O)n2)cc1. The van der Waals surface area contributed by atoms with E-state index in [1.807, 2.05) is 18.2 Å².